The number of hydrogen-bond donors (Lipinski definition) is 1. The molecule has 4 nitrogen and oxygen atoms in total. The number of aliphatic carboxylic acids is 1. The number of rotatable bonds is 5. The first kappa shape index (κ1) is 14.7. The fraction of sp³-hybridized carbons (Fsp3) is 0.467. The molecule has 1 saturated heterocycles. The van der Waals surface area contributed by atoms with E-state index in [1.54, 1.807) is 6.07 Å². The zero-order valence-electron chi connectivity index (χ0n) is 11.2. The van der Waals surface area contributed by atoms with Gasteiger partial charge >= 0.3 is 5.97 Å². The van der Waals surface area contributed by atoms with Crippen LogP contribution in [0.4, 0.5) is 4.39 Å². The van der Waals surface area contributed by atoms with E-state index in [2.05, 4.69) is 4.90 Å². The van der Waals surface area contributed by atoms with Crippen LogP contribution in [0.1, 0.15) is 24.8 Å². The summed E-state index contributed by atoms with van der Waals surface area (Å²) in [7, 11) is 0. The molecule has 5 heteroatoms. The summed E-state index contributed by atoms with van der Waals surface area (Å²) in [6.07, 6.45) is 0.984. The first-order valence-electron chi connectivity index (χ1n) is 6.76. The average molecular weight is 279 g/mol. The molecule has 0 saturated carbocycles. The highest BCUT2D eigenvalue weighted by atomic mass is 19.1. The summed E-state index contributed by atoms with van der Waals surface area (Å²) in [6.45, 7) is 2.15. The van der Waals surface area contributed by atoms with Crippen LogP contribution in [0.3, 0.4) is 0 Å². The second-order valence-electron chi connectivity index (χ2n) is 5.22. The van der Waals surface area contributed by atoms with Crippen molar-refractivity contribution in [3.63, 3.8) is 0 Å². The summed E-state index contributed by atoms with van der Waals surface area (Å²) >= 11 is 0. The molecule has 2 rings (SSSR count). The Kier molecular flexibility index (Phi) is 4.84. The minimum absolute atomic E-state index is 0.144. The molecule has 0 unspecified atom stereocenters. The van der Waals surface area contributed by atoms with Gasteiger partial charge in [0.15, 0.2) is 0 Å². The van der Waals surface area contributed by atoms with Crippen molar-refractivity contribution in [1.82, 2.24) is 4.90 Å². The first-order valence-corrected chi connectivity index (χ1v) is 6.76. The molecule has 1 aliphatic rings. The van der Waals surface area contributed by atoms with E-state index in [4.69, 9.17) is 5.11 Å². The molecule has 108 valence electrons. The molecule has 1 fully saturated rings. The fourth-order valence-corrected chi connectivity index (χ4v) is 2.60. The minimum Gasteiger partial charge on any atom is -0.481 e. The lowest BCUT2D eigenvalue weighted by atomic mass is 9.91. The highest BCUT2D eigenvalue weighted by molar-refractivity contribution is 5.96. The quantitative estimate of drug-likeness (QED) is 0.838. The third-order valence-electron chi connectivity index (χ3n) is 3.66. The van der Waals surface area contributed by atoms with Gasteiger partial charge in [-0.2, -0.15) is 0 Å². The molecule has 0 atom stereocenters. The number of likely N-dealkylation sites (tertiary alicyclic amines) is 1. The lowest BCUT2D eigenvalue weighted by Gasteiger charge is -2.31. The summed E-state index contributed by atoms with van der Waals surface area (Å²) in [5.41, 5.74) is 0.917. The number of carbonyl (C=O) groups is 2. The van der Waals surface area contributed by atoms with E-state index in [9.17, 15) is 14.0 Å². The Balaban J connectivity index is 1.82. The molecule has 1 aromatic rings. The number of hydrogen-bond acceptors (Lipinski definition) is 3. The maximum atomic E-state index is 13.1. The van der Waals surface area contributed by atoms with Gasteiger partial charge in [-0.1, -0.05) is 12.1 Å². The molecule has 0 aromatic heterocycles. The van der Waals surface area contributed by atoms with E-state index in [1.165, 1.54) is 12.1 Å². The number of carbonyl (C=O) groups excluding carboxylic acids is 1. The van der Waals surface area contributed by atoms with Crippen LogP contribution >= 0.6 is 0 Å². The highest BCUT2D eigenvalue weighted by Crippen LogP contribution is 2.21. The van der Waals surface area contributed by atoms with Gasteiger partial charge in [0.2, 0.25) is 0 Å². The zero-order chi connectivity index (χ0) is 14.5. The van der Waals surface area contributed by atoms with Crippen molar-refractivity contribution in [2.75, 3.05) is 13.1 Å². The fourth-order valence-electron chi connectivity index (χ4n) is 2.60. The minimum atomic E-state index is -1.06. The molecule has 0 amide bonds. The van der Waals surface area contributed by atoms with Crippen molar-refractivity contribution in [1.29, 1.82) is 0 Å². The van der Waals surface area contributed by atoms with E-state index in [-0.39, 0.29) is 23.9 Å². The zero-order valence-corrected chi connectivity index (χ0v) is 11.2. The van der Waals surface area contributed by atoms with Gasteiger partial charge in [0.1, 0.15) is 18.0 Å². The van der Waals surface area contributed by atoms with Gasteiger partial charge in [-0.3, -0.25) is 14.5 Å². The standard InChI is InChI=1S/C15H18FNO3/c16-13-3-1-2-11(8-13)10-17-6-4-12(5-7-17)14(18)9-15(19)20/h1-3,8,12H,4-7,9-10H2,(H,19,20). The van der Waals surface area contributed by atoms with Gasteiger partial charge in [-0.25, -0.2) is 4.39 Å². The monoisotopic (exact) mass is 279 g/mol. The highest BCUT2D eigenvalue weighted by Gasteiger charge is 2.26. The van der Waals surface area contributed by atoms with Gasteiger partial charge in [0, 0.05) is 12.5 Å². The third kappa shape index (κ3) is 4.13. The van der Waals surface area contributed by atoms with Crippen LogP contribution < -0.4 is 0 Å². The largest absolute Gasteiger partial charge is 0.481 e. The Hall–Kier alpha value is -1.75. The summed E-state index contributed by atoms with van der Waals surface area (Å²) in [5.74, 6) is -1.62. The average Bonchev–Trinajstić information content (AvgIpc) is 2.38. The number of carboxylic acid groups (broad SMARTS) is 1. The summed E-state index contributed by atoms with van der Waals surface area (Å²) < 4.78 is 13.1. The van der Waals surface area contributed by atoms with Crippen LogP contribution in [0.25, 0.3) is 0 Å². The van der Waals surface area contributed by atoms with Gasteiger partial charge < -0.3 is 5.11 Å². The Morgan fingerprint density at radius 2 is 2.00 bits per heavy atom. The van der Waals surface area contributed by atoms with Crippen LogP contribution in [0.5, 0.6) is 0 Å². The topological polar surface area (TPSA) is 57.6 Å². The van der Waals surface area contributed by atoms with Crippen LogP contribution in [0, 0.1) is 11.7 Å². The van der Waals surface area contributed by atoms with Crippen LogP contribution in [-0.4, -0.2) is 34.8 Å². The second-order valence-corrected chi connectivity index (χ2v) is 5.22. The summed E-state index contributed by atoms with van der Waals surface area (Å²) in [5, 5.41) is 8.62. The number of benzene rings is 1. The SMILES string of the molecule is O=C(O)CC(=O)C1CCN(Cc2cccc(F)c2)CC1. The normalized spacial score (nSPS) is 17.1. The third-order valence-corrected chi connectivity index (χ3v) is 3.66. The molecule has 0 bridgehead atoms. The van der Waals surface area contributed by atoms with Crippen molar-refractivity contribution >= 4 is 11.8 Å². The smallest absolute Gasteiger partial charge is 0.310 e. The predicted molar refractivity (Wildman–Crippen MR) is 71.7 cm³/mol. The Morgan fingerprint density at radius 3 is 2.60 bits per heavy atom. The van der Waals surface area contributed by atoms with E-state index < -0.39 is 5.97 Å². The Morgan fingerprint density at radius 1 is 1.30 bits per heavy atom. The van der Waals surface area contributed by atoms with Gasteiger partial charge in [-0.15, -0.1) is 0 Å². The van der Waals surface area contributed by atoms with Crippen LogP contribution in [0.2, 0.25) is 0 Å². The van der Waals surface area contributed by atoms with Gasteiger partial charge in [0.25, 0.3) is 0 Å². The van der Waals surface area contributed by atoms with Crippen LogP contribution in [0.15, 0.2) is 24.3 Å². The van der Waals surface area contributed by atoms with E-state index >= 15 is 0 Å². The van der Waals surface area contributed by atoms with Gasteiger partial charge in [0.05, 0.1) is 0 Å². The van der Waals surface area contributed by atoms with Crippen molar-refractivity contribution in [3.05, 3.63) is 35.6 Å². The maximum absolute atomic E-state index is 13.1. The molecule has 20 heavy (non-hydrogen) atoms. The van der Waals surface area contributed by atoms with Crippen molar-refractivity contribution < 1.29 is 19.1 Å². The molecule has 1 aliphatic heterocycles. The molecule has 0 aliphatic carbocycles. The van der Waals surface area contributed by atoms with E-state index in [0.29, 0.717) is 19.4 Å². The Bertz CT molecular complexity index is 496. The molecule has 1 aromatic carbocycles. The number of Topliss-reactive ketones (excluding diaryl/α,β-unsaturated/α-hetero) is 1. The van der Waals surface area contributed by atoms with Crippen LogP contribution in [-0.2, 0) is 16.1 Å². The number of halogens is 1. The molecule has 1 N–H and O–H groups in total. The second kappa shape index (κ2) is 6.61. The van der Waals surface area contributed by atoms with Crippen molar-refractivity contribution in [2.24, 2.45) is 5.92 Å². The lowest BCUT2D eigenvalue weighted by Crippen LogP contribution is -2.36. The molecular weight excluding hydrogens is 261 g/mol. The van der Waals surface area contributed by atoms with Gasteiger partial charge in [-0.05, 0) is 43.6 Å². The maximum Gasteiger partial charge on any atom is 0.310 e. The number of nitrogens with zero attached hydrogens (tertiary/aromatic N) is 1. The molecule has 0 radical (unpaired) electrons. The number of piperidine rings is 1. The lowest BCUT2D eigenvalue weighted by molar-refractivity contribution is -0.141. The van der Waals surface area contributed by atoms with Crippen molar-refractivity contribution in [2.45, 2.75) is 25.8 Å². The van der Waals surface area contributed by atoms with E-state index in [0.717, 1.165) is 18.7 Å². The number of carboxylic acids is 1. The molecule has 0 spiro atoms. The summed E-state index contributed by atoms with van der Waals surface area (Å²) in [6, 6.07) is 6.50. The molecular formula is C15H18FNO3. The molecule has 1 heterocycles. The number of ketones is 1. The predicted octanol–water partition coefficient (Wildman–Crippen LogP) is 2.08. The van der Waals surface area contributed by atoms with E-state index in [1.807, 2.05) is 6.07 Å². The van der Waals surface area contributed by atoms with Crippen molar-refractivity contribution in [3.8, 4) is 0 Å². The summed E-state index contributed by atoms with van der Waals surface area (Å²) in [4.78, 5) is 24.4. The Labute approximate surface area is 117 Å². The first-order chi connectivity index (χ1) is 9.54.